The summed E-state index contributed by atoms with van der Waals surface area (Å²) >= 11 is 0. The summed E-state index contributed by atoms with van der Waals surface area (Å²) in [7, 11) is -2.36. The van der Waals surface area contributed by atoms with E-state index in [4.69, 9.17) is 0 Å². The highest BCUT2D eigenvalue weighted by atomic mass is 32.2. The van der Waals surface area contributed by atoms with Crippen molar-refractivity contribution in [3.05, 3.63) is 89.7 Å². The van der Waals surface area contributed by atoms with Crippen molar-refractivity contribution in [2.45, 2.75) is 30.7 Å². The van der Waals surface area contributed by atoms with E-state index in [1.165, 1.54) is 48.9 Å². The molecule has 1 N–H and O–H groups in total. The second-order valence-corrected chi connectivity index (χ2v) is 10.1. The third kappa shape index (κ3) is 5.39. The van der Waals surface area contributed by atoms with Crippen molar-refractivity contribution in [2.24, 2.45) is 0 Å². The quantitative estimate of drug-likeness (QED) is 0.522. The summed E-state index contributed by atoms with van der Waals surface area (Å²) in [5.74, 6) is -0.971. The molecule has 0 aromatic heterocycles. The molecule has 0 saturated carbocycles. The smallest absolute Gasteiger partial charge is 0.262 e. The van der Waals surface area contributed by atoms with Crippen molar-refractivity contribution in [3.8, 4) is 0 Å². The van der Waals surface area contributed by atoms with E-state index in [9.17, 15) is 17.6 Å². The molecule has 6 nitrogen and oxygen atoms in total. The van der Waals surface area contributed by atoms with Crippen molar-refractivity contribution < 1.29 is 17.6 Å². The number of anilines is 2. The highest BCUT2D eigenvalue weighted by Gasteiger charge is 2.21. The first-order valence-corrected chi connectivity index (χ1v) is 12.8. The minimum Gasteiger partial charge on any atom is -0.371 e. The third-order valence-corrected chi connectivity index (χ3v) is 7.32. The van der Waals surface area contributed by atoms with Crippen LogP contribution in [-0.4, -0.2) is 39.4 Å². The van der Waals surface area contributed by atoms with Gasteiger partial charge in [0.1, 0.15) is 5.82 Å². The molecule has 1 fully saturated rings. The average Bonchev–Trinajstić information content (AvgIpc) is 2.86. The standard InChI is InChI=1S/C26H28FN3O3S/c1-29(19-21-10-3-6-15-25(21)30-16-7-2-8-17-30)26(31)20-11-9-12-22(18-20)34(32,33)28-24-14-5-4-13-23(24)27/h3-6,9-15,18,28H,2,7-8,16-17,19H2,1H3. The fraction of sp³-hybridized carbons (Fsp3) is 0.269. The molecule has 3 aromatic rings. The molecule has 1 amide bonds. The SMILES string of the molecule is CN(Cc1ccccc1N1CCCCC1)C(=O)c1cccc(S(=O)(=O)Nc2ccccc2F)c1. The predicted molar refractivity (Wildman–Crippen MR) is 132 cm³/mol. The molecule has 1 aliphatic rings. The molecule has 0 unspecified atom stereocenters. The Labute approximate surface area is 200 Å². The van der Waals surface area contributed by atoms with Crippen molar-refractivity contribution in [1.29, 1.82) is 0 Å². The number of benzene rings is 3. The van der Waals surface area contributed by atoms with Crippen LogP contribution in [0, 0.1) is 5.82 Å². The molecule has 0 spiro atoms. The van der Waals surface area contributed by atoms with Crippen molar-refractivity contribution in [2.75, 3.05) is 29.8 Å². The number of nitrogens with one attached hydrogen (secondary N) is 1. The monoisotopic (exact) mass is 481 g/mol. The largest absolute Gasteiger partial charge is 0.371 e. The van der Waals surface area contributed by atoms with Crippen LogP contribution >= 0.6 is 0 Å². The molecule has 0 aliphatic carbocycles. The van der Waals surface area contributed by atoms with Crippen LogP contribution in [0.2, 0.25) is 0 Å². The van der Waals surface area contributed by atoms with E-state index < -0.39 is 15.8 Å². The number of sulfonamides is 1. The minimum absolute atomic E-state index is 0.108. The van der Waals surface area contributed by atoms with E-state index in [0.29, 0.717) is 6.54 Å². The molecule has 1 saturated heterocycles. The molecule has 1 aliphatic heterocycles. The molecular weight excluding hydrogens is 453 g/mol. The minimum atomic E-state index is -4.07. The van der Waals surface area contributed by atoms with Crippen LogP contribution in [-0.2, 0) is 16.6 Å². The van der Waals surface area contributed by atoms with E-state index in [2.05, 4.69) is 15.7 Å². The van der Waals surface area contributed by atoms with Gasteiger partial charge >= 0.3 is 0 Å². The molecule has 34 heavy (non-hydrogen) atoms. The lowest BCUT2D eigenvalue weighted by Gasteiger charge is -2.31. The normalized spacial score (nSPS) is 14.0. The average molecular weight is 482 g/mol. The van der Waals surface area contributed by atoms with E-state index in [0.717, 1.165) is 37.2 Å². The van der Waals surface area contributed by atoms with Crippen LogP contribution in [0.15, 0.2) is 77.7 Å². The zero-order valence-electron chi connectivity index (χ0n) is 19.1. The van der Waals surface area contributed by atoms with Crippen LogP contribution in [0.25, 0.3) is 0 Å². The molecule has 0 radical (unpaired) electrons. The Morgan fingerprint density at radius 1 is 0.971 bits per heavy atom. The van der Waals surface area contributed by atoms with E-state index in [1.54, 1.807) is 18.0 Å². The number of para-hydroxylation sites is 2. The number of halogens is 1. The van der Waals surface area contributed by atoms with Crippen LogP contribution in [0.3, 0.4) is 0 Å². The van der Waals surface area contributed by atoms with Gasteiger partial charge in [0, 0.05) is 37.9 Å². The molecule has 0 bridgehead atoms. The third-order valence-electron chi connectivity index (χ3n) is 5.95. The van der Waals surface area contributed by atoms with Gasteiger partial charge in [-0.05, 0) is 61.2 Å². The number of rotatable bonds is 7. The summed E-state index contributed by atoms with van der Waals surface area (Å²) in [6.45, 7) is 2.41. The van der Waals surface area contributed by atoms with Crippen LogP contribution in [0.4, 0.5) is 15.8 Å². The van der Waals surface area contributed by atoms with Gasteiger partial charge in [0.2, 0.25) is 0 Å². The van der Waals surface area contributed by atoms with Gasteiger partial charge in [-0.1, -0.05) is 36.4 Å². The van der Waals surface area contributed by atoms with Gasteiger partial charge in [-0.25, -0.2) is 12.8 Å². The fourth-order valence-electron chi connectivity index (χ4n) is 4.18. The summed E-state index contributed by atoms with van der Waals surface area (Å²) in [6.07, 6.45) is 3.55. The Morgan fingerprint density at radius 2 is 1.68 bits per heavy atom. The van der Waals surface area contributed by atoms with Crippen LogP contribution < -0.4 is 9.62 Å². The zero-order valence-corrected chi connectivity index (χ0v) is 19.9. The van der Waals surface area contributed by atoms with Crippen molar-refractivity contribution >= 4 is 27.3 Å². The number of carbonyl (C=O) groups excluding carboxylic acids is 1. The van der Waals surface area contributed by atoms with Gasteiger partial charge in [-0.15, -0.1) is 0 Å². The Hall–Kier alpha value is -3.39. The zero-order chi connectivity index (χ0) is 24.1. The molecule has 1 heterocycles. The number of carbonyl (C=O) groups is 1. The number of amides is 1. The summed E-state index contributed by atoms with van der Waals surface area (Å²) in [5.41, 5.74) is 2.28. The van der Waals surface area contributed by atoms with Gasteiger partial charge in [0.25, 0.3) is 15.9 Å². The van der Waals surface area contributed by atoms with Gasteiger partial charge in [-0.2, -0.15) is 0 Å². The lowest BCUT2D eigenvalue weighted by atomic mass is 10.1. The number of hydrogen-bond acceptors (Lipinski definition) is 4. The van der Waals surface area contributed by atoms with Crippen LogP contribution in [0.1, 0.15) is 35.2 Å². The molecule has 3 aromatic carbocycles. The number of nitrogens with zero attached hydrogens (tertiary/aromatic N) is 2. The molecule has 178 valence electrons. The van der Waals surface area contributed by atoms with Crippen molar-refractivity contribution in [3.63, 3.8) is 0 Å². The summed E-state index contributed by atoms with van der Waals surface area (Å²) in [6, 6.07) is 19.4. The summed E-state index contributed by atoms with van der Waals surface area (Å²) in [4.78, 5) is 17.0. The predicted octanol–water partition coefficient (Wildman–Crippen LogP) is 4.89. The molecule has 0 atom stereocenters. The first-order valence-electron chi connectivity index (χ1n) is 11.3. The second kappa shape index (κ2) is 10.3. The van der Waals surface area contributed by atoms with E-state index >= 15 is 0 Å². The van der Waals surface area contributed by atoms with Crippen molar-refractivity contribution in [1.82, 2.24) is 4.90 Å². The molecular formula is C26H28FN3O3S. The summed E-state index contributed by atoms with van der Waals surface area (Å²) in [5, 5.41) is 0. The van der Waals surface area contributed by atoms with Gasteiger partial charge < -0.3 is 9.80 Å². The Balaban J connectivity index is 1.52. The molecule has 4 rings (SSSR count). The summed E-state index contributed by atoms with van der Waals surface area (Å²) < 4.78 is 41.8. The lowest BCUT2D eigenvalue weighted by Crippen LogP contribution is -2.32. The number of hydrogen-bond donors (Lipinski definition) is 1. The topological polar surface area (TPSA) is 69.7 Å². The first kappa shape index (κ1) is 23.8. The maximum atomic E-state index is 13.9. The maximum Gasteiger partial charge on any atom is 0.262 e. The Bertz CT molecular complexity index is 1270. The van der Waals surface area contributed by atoms with E-state index in [1.807, 2.05) is 18.2 Å². The van der Waals surface area contributed by atoms with E-state index in [-0.39, 0.29) is 22.1 Å². The van der Waals surface area contributed by atoms with Gasteiger partial charge in [0.15, 0.2) is 0 Å². The Kier molecular flexibility index (Phi) is 7.17. The fourth-order valence-corrected chi connectivity index (χ4v) is 5.29. The number of piperidine rings is 1. The Morgan fingerprint density at radius 3 is 2.44 bits per heavy atom. The molecule has 8 heteroatoms. The van der Waals surface area contributed by atoms with Crippen LogP contribution in [0.5, 0.6) is 0 Å². The highest BCUT2D eigenvalue weighted by Crippen LogP contribution is 2.26. The maximum absolute atomic E-state index is 13.9. The second-order valence-electron chi connectivity index (χ2n) is 8.45. The highest BCUT2D eigenvalue weighted by molar-refractivity contribution is 7.92. The van der Waals surface area contributed by atoms with Gasteiger partial charge in [-0.3, -0.25) is 9.52 Å². The first-order chi connectivity index (χ1) is 16.3. The van der Waals surface area contributed by atoms with Gasteiger partial charge in [0.05, 0.1) is 10.6 Å². The lowest BCUT2D eigenvalue weighted by molar-refractivity contribution is 0.0785.